The quantitative estimate of drug-likeness (QED) is 0.658. The van der Waals surface area contributed by atoms with Crippen LogP contribution in [0.5, 0.6) is 11.5 Å². The van der Waals surface area contributed by atoms with Gasteiger partial charge in [-0.1, -0.05) is 0 Å². The van der Waals surface area contributed by atoms with Crippen molar-refractivity contribution >= 4 is 11.8 Å². The van der Waals surface area contributed by atoms with Crippen molar-refractivity contribution in [3.05, 3.63) is 23.8 Å². The number of amides is 2. The van der Waals surface area contributed by atoms with Gasteiger partial charge >= 0.3 is 0 Å². The number of benzene rings is 1. The number of hydrogen-bond acceptors (Lipinski definition) is 5. The first-order valence-corrected chi connectivity index (χ1v) is 7.79. The molecule has 2 amide bonds. The van der Waals surface area contributed by atoms with Crippen molar-refractivity contribution in [2.24, 2.45) is 5.73 Å². The summed E-state index contributed by atoms with van der Waals surface area (Å²) in [6, 6.07) is 4.82. The maximum atomic E-state index is 12.1. The van der Waals surface area contributed by atoms with Crippen LogP contribution in [0, 0.1) is 0 Å². The van der Waals surface area contributed by atoms with Gasteiger partial charge in [0.2, 0.25) is 0 Å². The summed E-state index contributed by atoms with van der Waals surface area (Å²) in [5.41, 5.74) is 5.78. The van der Waals surface area contributed by atoms with E-state index in [4.69, 9.17) is 15.2 Å². The molecule has 0 atom stereocenters. The second kappa shape index (κ2) is 8.54. The van der Waals surface area contributed by atoms with Crippen LogP contribution < -0.4 is 25.8 Å². The number of carbonyl (C=O) groups excluding carboxylic acids is 2. The Morgan fingerprint density at radius 1 is 1.25 bits per heavy atom. The summed E-state index contributed by atoms with van der Waals surface area (Å²) >= 11 is 0. The second-order valence-electron chi connectivity index (χ2n) is 6.55. The average Bonchev–Trinajstić information content (AvgIpc) is 2.49. The maximum absolute atomic E-state index is 12.1. The maximum Gasteiger partial charge on any atom is 0.258 e. The Kier molecular flexibility index (Phi) is 7.03. The van der Waals surface area contributed by atoms with E-state index in [-0.39, 0.29) is 24.5 Å². The van der Waals surface area contributed by atoms with Gasteiger partial charge < -0.3 is 25.8 Å². The highest BCUT2D eigenvalue weighted by atomic mass is 16.5. The Balaban J connectivity index is 2.74. The SMILES string of the molecule is COc1cc(C(=O)NCC(C)(C)N)ccc1OCC(=O)NC(C)C. The van der Waals surface area contributed by atoms with Gasteiger partial charge in [-0.05, 0) is 45.9 Å². The van der Waals surface area contributed by atoms with Gasteiger partial charge in [-0.15, -0.1) is 0 Å². The van der Waals surface area contributed by atoms with E-state index < -0.39 is 5.54 Å². The molecular weight excluding hydrogens is 310 g/mol. The van der Waals surface area contributed by atoms with Crippen LogP contribution in [-0.2, 0) is 4.79 Å². The lowest BCUT2D eigenvalue weighted by Crippen LogP contribution is -2.45. The van der Waals surface area contributed by atoms with Crippen LogP contribution in [0.4, 0.5) is 0 Å². The highest BCUT2D eigenvalue weighted by Gasteiger charge is 2.16. The molecule has 0 heterocycles. The molecule has 0 aliphatic carbocycles. The lowest BCUT2D eigenvalue weighted by atomic mass is 10.1. The zero-order chi connectivity index (χ0) is 18.3. The van der Waals surface area contributed by atoms with Gasteiger partial charge in [0.15, 0.2) is 18.1 Å². The van der Waals surface area contributed by atoms with Gasteiger partial charge in [0.25, 0.3) is 11.8 Å². The first kappa shape index (κ1) is 19.8. The Morgan fingerprint density at radius 2 is 1.92 bits per heavy atom. The number of methoxy groups -OCH3 is 1. The number of nitrogens with one attached hydrogen (secondary N) is 2. The molecule has 1 aromatic carbocycles. The average molecular weight is 337 g/mol. The van der Waals surface area contributed by atoms with Gasteiger partial charge in [-0.25, -0.2) is 0 Å². The van der Waals surface area contributed by atoms with E-state index in [1.807, 2.05) is 27.7 Å². The van der Waals surface area contributed by atoms with Crippen LogP contribution >= 0.6 is 0 Å². The molecule has 0 unspecified atom stereocenters. The van der Waals surface area contributed by atoms with Gasteiger partial charge in [-0.2, -0.15) is 0 Å². The molecule has 4 N–H and O–H groups in total. The fraction of sp³-hybridized carbons (Fsp3) is 0.529. The summed E-state index contributed by atoms with van der Waals surface area (Å²) in [7, 11) is 1.47. The monoisotopic (exact) mass is 337 g/mol. The molecule has 24 heavy (non-hydrogen) atoms. The predicted octanol–water partition coefficient (Wildman–Crippen LogP) is 1.07. The minimum atomic E-state index is -0.493. The van der Waals surface area contributed by atoms with E-state index in [1.165, 1.54) is 7.11 Å². The van der Waals surface area contributed by atoms with Crippen molar-refractivity contribution in [2.45, 2.75) is 39.3 Å². The number of nitrogens with two attached hydrogens (primary N) is 1. The van der Waals surface area contributed by atoms with E-state index in [0.29, 0.717) is 23.6 Å². The molecule has 0 saturated carbocycles. The summed E-state index contributed by atoms with van der Waals surface area (Å²) in [6.07, 6.45) is 0. The molecule has 0 aliphatic rings. The van der Waals surface area contributed by atoms with Gasteiger partial charge in [0.1, 0.15) is 0 Å². The Morgan fingerprint density at radius 3 is 2.46 bits per heavy atom. The molecule has 1 rings (SSSR count). The fourth-order valence-electron chi connectivity index (χ4n) is 1.85. The molecule has 7 heteroatoms. The summed E-state index contributed by atoms with van der Waals surface area (Å²) in [6.45, 7) is 7.62. The highest BCUT2D eigenvalue weighted by Crippen LogP contribution is 2.28. The first-order chi connectivity index (χ1) is 11.1. The van der Waals surface area contributed by atoms with E-state index >= 15 is 0 Å². The molecule has 0 radical (unpaired) electrons. The third kappa shape index (κ3) is 6.87. The largest absolute Gasteiger partial charge is 0.493 e. The minimum absolute atomic E-state index is 0.0425. The van der Waals surface area contributed by atoms with Gasteiger partial charge in [0.05, 0.1) is 7.11 Å². The predicted molar refractivity (Wildman–Crippen MR) is 92.4 cm³/mol. The molecule has 0 spiro atoms. The smallest absolute Gasteiger partial charge is 0.258 e. The first-order valence-electron chi connectivity index (χ1n) is 7.79. The van der Waals surface area contributed by atoms with Crippen molar-refractivity contribution < 1.29 is 19.1 Å². The number of hydrogen-bond donors (Lipinski definition) is 3. The van der Waals surface area contributed by atoms with Crippen LogP contribution in [-0.4, -0.2) is 43.7 Å². The van der Waals surface area contributed by atoms with E-state index in [9.17, 15) is 9.59 Å². The lowest BCUT2D eigenvalue weighted by molar-refractivity contribution is -0.123. The molecule has 0 aromatic heterocycles. The number of rotatable bonds is 8. The van der Waals surface area contributed by atoms with Gasteiger partial charge in [-0.3, -0.25) is 9.59 Å². The summed E-state index contributed by atoms with van der Waals surface area (Å²) in [4.78, 5) is 23.8. The molecule has 134 valence electrons. The zero-order valence-corrected chi connectivity index (χ0v) is 14.9. The Bertz CT molecular complexity index is 580. The summed E-state index contributed by atoms with van der Waals surface area (Å²) in [5, 5.41) is 5.49. The topological polar surface area (TPSA) is 103 Å². The van der Waals surface area contributed by atoms with Crippen molar-refractivity contribution in [1.82, 2.24) is 10.6 Å². The molecule has 0 saturated heterocycles. The summed E-state index contributed by atoms with van der Waals surface area (Å²) in [5.74, 6) is 0.300. The molecular formula is C17H27N3O4. The normalized spacial score (nSPS) is 11.1. The van der Waals surface area contributed by atoms with Crippen LogP contribution in [0.3, 0.4) is 0 Å². The number of ether oxygens (including phenoxy) is 2. The van der Waals surface area contributed by atoms with Crippen LogP contribution in [0.25, 0.3) is 0 Å². The lowest BCUT2D eigenvalue weighted by Gasteiger charge is -2.19. The van der Waals surface area contributed by atoms with E-state index in [2.05, 4.69) is 10.6 Å². The fourth-order valence-corrected chi connectivity index (χ4v) is 1.85. The molecule has 1 aromatic rings. The van der Waals surface area contributed by atoms with Crippen LogP contribution in [0.15, 0.2) is 18.2 Å². The minimum Gasteiger partial charge on any atom is -0.493 e. The van der Waals surface area contributed by atoms with Crippen LogP contribution in [0.1, 0.15) is 38.1 Å². The van der Waals surface area contributed by atoms with Crippen LogP contribution in [0.2, 0.25) is 0 Å². The van der Waals surface area contributed by atoms with Crippen molar-refractivity contribution in [3.8, 4) is 11.5 Å². The standard InChI is InChI=1S/C17H27N3O4/c1-11(2)20-15(21)9-24-13-7-6-12(8-14(13)23-5)16(22)19-10-17(3,4)18/h6-8,11H,9-10,18H2,1-5H3,(H,19,22)(H,20,21). The van der Waals surface area contributed by atoms with E-state index in [0.717, 1.165) is 0 Å². The Hall–Kier alpha value is -2.28. The number of carbonyl (C=O) groups is 2. The zero-order valence-electron chi connectivity index (χ0n) is 14.9. The molecule has 0 bridgehead atoms. The highest BCUT2D eigenvalue weighted by molar-refractivity contribution is 5.95. The molecule has 0 aliphatic heterocycles. The Labute approximate surface area is 142 Å². The molecule has 0 fully saturated rings. The van der Waals surface area contributed by atoms with Crippen molar-refractivity contribution in [2.75, 3.05) is 20.3 Å². The summed E-state index contributed by atoms with van der Waals surface area (Å²) < 4.78 is 10.7. The van der Waals surface area contributed by atoms with Crippen molar-refractivity contribution in [3.63, 3.8) is 0 Å². The molecule has 7 nitrogen and oxygen atoms in total. The van der Waals surface area contributed by atoms with E-state index in [1.54, 1.807) is 18.2 Å². The van der Waals surface area contributed by atoms with Crippen molar-refractivity contribution in [1.29, 1.82) is 0 Å². The third-order valence-electron chi connectivity index (χ3n) is 2.94. The van der Waals surface area contributed by atoms with Gasteiger partial charge in [0, 0.05) is 23.7 Å². The third-order valence-corrected chi connectivity index (χ3v) is 2.94. The second-order valence-corrected chi connectivity index (χ2v) is 6.55.